The van der Waals surface area contributed by atoms with Gasteiger partial charge in [-0.05, 0) is 30.2 Å². The number of carbonyl (C=O) groups excluding carboxylic acids is 1. The first kappa shape index (κ1) is 17.0. The molecule has 1 aliphatic carbocycles. The zero-order valence-electron chi connectivity index (χ0n) is 13.8. The lowest BCUT2D eigenvalue weighted by Gasteiger charge is -2.22. The molecule has 0 bridgehead atoms. The van der Waals surface area contributed by atoms with Gasteiger partial charge in [0, 0.05) is 19.5 Å². The first-order valence-corrected chi connectivity index (χ1v) is 8.80. The summed E-state index contributed by atoms with van der Waals surface area (Å²) < 4.78 is 0. The van der Waals surface area contributed by atoms with Crippen LogP contribution in [0.5, 0.6) is 0 Å². The molecule has 2 aliphatic rings. The second kappa shape index (κ2) is 7.34. The Morgan fingerprint density at radius 3 is 2.21 bits per heavy atom. The molecule has 1 heterocycles. The molecule has 1 saturated heterocycles. The van der Waals surface area contributed by atoms with Crippen molar-refractivity contribution in [3.8, 4) is 0 Å². The van der Waals surface area contributed by atoms with Gasteiger partial charge in [0.25, 0.3) is 0 Å². The van der Waals surface area contributed by atoms with Gasteiger partial charge in [0.2, 0.25) is 5.91 Å². The first-order chi connectivity index (χ1) is 11.6. The van der Waals surface area contributed by atoms with E-state index in [4.69, 9.17) is 0 Å². The van der Waals surface area contributed by atoms with Gasteiger partial charge in [-0.25, -0.2) is 0 Å². The van der Waals surface area contributed by atoms with Crippen molar-refractivity contribution in [2.45, 2.75) is 38.2 Å². The van der Waals surface area contributed by atoms with E-state index in [1.165, 1.54) is 25.7 Å². The third kappa shape index (κ3) is 3.61. The standard InChI is InChI=1S/C19H25NO4/c21-17(20-11-14-8-4-5-9-15(14)12-20)10-16(19(23)24)18(22)13-6-2-1-3-7-13/h1-3,6-7,14-16,18,22H,4-5,8-12H2,(H,23,24)/t14-,15+,16-,18+/m1/s1. The summed E-state index contributed by atoms with van der Waals surface area (Å²) >= 11 is 0. The number of carboxylic acids is 1. The largest absolute Gasteiger partial charge is 0.481 e. The van der Waals surface area contributed by atoms with Crippen LogP contribution in [0.15, 0.2) is 30.3 Å². The SMILES string of the molecule is O=C(O)[C@H](CC(=O)N1C[C@H]2CCCC[C@H]2C1)[C@@H](O)c1ccccc1. The molecule has 24 heavy (non-hydrogen) atoms. The summed E-state index contributed by atoms with van der Waals surface area (Å²) in [7, 11) is 0. The molecule has 5 heteroatoms. The molecule has 2 fully saturated rings. The van der Waals surface area contributed by atoms with Crippen molar-refractivity contribution in [2.24, 2.45) is 17.8 Å². The Kier molecular flexibility index (Phi) is 5.19. The van der Waals surface area contributed by atoms with Gasteiger partial charge < -0.3 is 15.1 Å². The molecule has 0 radical (unpaired) electrons. The van der Waals surface area contributed by atoms with Crippen molar-refractivity contribution in [2.75, 3.05) is 13.1 Å². The number of nitrogens with zero attached hydrogens (tertiary/aromatic N) is 1. The molecular weight excluding hydrogens is 306 g/mol. The summed E-state index contributed by atoms with van der Waals surface area (Å²) in [6.07, 6.45) is 3.48. The number of aliphatic carboxylic acids is 1. The minimum Gasteiger partial charge on any atom is -0.481 e. The number of likely N-dealkylation sites (tertiary alicyclic amines) is 1. The molecule has 0 aromatic heterocycles. The van der Waals surface area contributed by atoms with E-state index in [-0.39, 0.29) is 12.3 Å². The van der Waals surface area contributed by atoms with E-state index in [1.54, 1.807) is 24.3 Å². The predicted octanol–water partition coefficient (Wildman–Crippen LogP) is 2.46. The minimum atomic E-state index is -1.17. The van der Waals surface area contributed by atoms with Crippen LogP contribution in [0, 0.1) is 17.8 Å². The van der Waals surface area contributed by atoms with E-state index < -0.39 is 18.0 Å². The minimum absolute atomic E-state index is 0.146. The number of hydrogen-bond acceptors (Lipinski definition) is 3. The zero-order chi connectivity index (χ0) is 17.1. The molecule has 1 aromatic rings. The molecule has 130 valence electrons. The van der Waals surface area contributed by atoms with E-state index >= 15 is 0 Å². The zero-order valence-corrected chi connectivity index (χ0v) is 13.8. The fourth-order valence-corrected chi connectivity index (χ4v) is 4.14. The summed E-state index contributed by atoms with van der Waals surface area (Å²) in [5.41, 5.74) is 0.535. The second-order valence-corrected chi connectivity index (χ2v) is 7.11. The lowest BCUT2D eigenvalue weighted by Crippen LogP contribution is -2.34. The lowest BCUT2D eigenvalue weighted by molar-refractivity contribution is -0.150. The molecular formula is C19H25NO4. The smallest absolute Gasteiger partial charge is 0.310 e. The van der Waals surface area contributed by atoms with Gasteiger partial charge in [0.05, 0.1) is 12.0 Å². The normalized spacial score (nSPS) is 25.8. The van der Waals surface area contributed by atoms with Crippen LogP contribution in [-0.2, 0) is 9.59 Å². The Balaban J connectivity index is 1.65. The number of aliphatic hydroxyl groups is 1. The van der Waals surface area contributed by atoms with Crippen LogP contribution in [0.3, 0.4) is 0 Å². The Bertz CT molecular complexity index is 574. The number of benzene rings is 1. The average Bonchev–Trinajstić information content (AvgIpc) is 3.03. The third-order valence-electron chi connectivity index (χ3n) is 5.56. The highest BCUT2D eigenvalue weighted by Gasteiger charge is 2.38. The number of aliphatic hydroxyl groups excluding tert-OH is 1. The molecule has 1 amide bonds. The first-order valence-electron chi connectivity index (χ1n) is 8.80. The van der Waals surface area contributed by atoms with Gasteiger partial charge in [-0.2, -0.15) is 0 Å². The van der Waals surface area contributed by atoms with Crippen molar-refractivity contribution < 1.29 is 19.8 Å². The van der Waals surface area contributed by atoms with Crippen LogP contribution in [0.2, 0.25) is 0 Å². The van der Waals surface area contributed by atoms with Crippen molar-refractivity contribution in [3.05, 3.63) is 35.9 Å². The molecule has 1 aliphatic heterocycles. The van der Waals surface area contributed by atoms with Crippen molar-refractivity contribution in [1.29, 1.82) is 0 Å². The van der Waals surface area contributed by atoms with Gasteiger partial charge in [-0.15, -0.1) is 0 Å². The summed E-state index contributed by atoms with van der Waals surface area (Å²) in [6.45, 7) is 1.49. The van der Waals surface area contributed by atoms with Crippen LogP contribution in [0.4, 0.5) is 0 Å². The molecule has 2 N–H and O–H groups in total. The maximum atomic E-state index is 12.6. The molecule has 1 aromatic carbocycles. The van der Waals surface area contributed by atoms with Gasteiger partial charge in [0.15, 0.2) is 0 Å². The lowest BCUT2D eigenvalue weighted by atomic mass is 9.82. The number of amides is 1. The van der Waals surface area contributed by atoms with Crippen LogP contribution >= 0.6 is 0 Å². The second-order valence-electron chi connectivity index (χ2n) is 7.11. The molecule has 4 atom stereocenters. The topological polar surface area (TPSA) is 77.8 Å². The quantitative estimate of drug-likeness (QED) is 0.869. The molecule has 0 spiro atoms. The van der Waals surface area contributed by atoms with Gasteiger partial charge >= 0.3 is 5.97 Å². The number of hydrogen-bond donors (Lipinski definition) is 2. The number of carbonyl (C=O) groups is 2. The summed E-state index contributed by atoms with van der Waals surface area (Å²) in [5.74, 6) is -1.24. The molecule has 5 nitrogen and oxygen atoms in total. The third-order valence-corrected chi connectivity index (χ3v) is 5.56. The van der Waals surface area contributed by atoms with Gasteiger partial charge in [-0.1, -0.05) is 43.2 Å². The van der Waals surface area contributed by atoms with Crippen LogP contribution in [0.1, 0.15) is 43.8 Å². The number of fused-ring (bicyclic) bond motifs is 1. The summed E-state index contributed by atoms with van der Waals surface area (Å²) in [6, 6.07) is 8.70. The van der Waals surface area contributed by atoms with E-state index in [2.05, 4.69) is 0 Å². The Hall–Kier alpha value is -1.88. The molecule has 1 saturated carbocycles. The maximum absolute atomic E-state index is 12.6. The molecule has 3 rings (SSSR count). The predicted molar refractivity (Wildman–Crippen MR) is 89.2 cm³/mol. The fourth-order valence-electron chi connectivity index (χ4n) is 4.14. The average molecular weight is 331 g/mol. The van der Waals surface area contributed by atoms with E-state index in [0.717, 1.165) is 13.1 Å². The van der Waals surface area contributed by atoms with Crippen LogP contribution < -0.4 is 0 Å². The Labute approximate surface area is 142 Å². The highest BCUT2D eigenvalue weighted by molar-refractivity contribution is 5.83. The number of carboxylic acid groups (broad SMARTS) is 1. The summed E-state index contributed by atoms with van der Waals surface area (Å²) in [5, 5.41) is 19.9. The fraction of sp³-hybridized carbons (Fsp3) is 0.579. The van der Waals surface area contributed by atoms with E-state index in [1.807, 2.05) is 11.0 Å². The Morgan fingerprint density at radius 2 is 1.67 bits per heavy atom. The van der Waals surface area contributed by atoms with Crippen molar-refractivity contribution in [1.82, 2.24) is 4.90 Å². The maximum Gasteiger partial charge on any atom is 0.310 e. The van der Waals surface area contributed by atoms with Gasteiger partial charge in [-0.3, -0.25) is 9.59 Å². The van der Waals surface area contributed by atoms with E-state index in [0.29, 0.717) is 17.4 Å². The van der Waals surface area contributed by atoms with Gasteiger partial charge in [0.1, 0.15) is 0 Å². The highest BCUT2D eigenvalue weighted by atomic mass is 16.4. The number of rotatable bonds is 5. The van der Waals surface area contributed by atoms with Crippen molar-refractivity contribution in [3.63, 3.8) is 0 Å². The van der Waals surface area contributed by atoms with Crippen LogP contribution in [0.25, 0.3) is 0 Å². The molecule has 0 unspecified atom stereocenters. The summed E-state index contributed by atoms with van der Waals surface area (Å²) in [4.78, 5) is 26.0. The monoisotopic (exact) mass is 331 g/mol. The van der Waals surface area contributed by atoms with Crippen molar-refractivity contribution >= 4 is 11.9 Å². The Morgan fingerprint density at radius 1 is 1.08 bits per heavy atom. The van der Waals surface area contributed by atoms with E-state index in [9.17, 15) is 19.8 Å². The highest BCUT2D eigenvalue weighted by Crippen LogP contribution is 2.37. The van der Waals surface area contributed by atoms with Crippen LogP contribution in [-0.4, -0.2) is 40.1 Å².